The van der Waals surface area contributed by atoms with Crippen molar-refractivity contribution in [3.05, 3.63) is 41.0 Å². The molecule has 0 aliphatic rings. The van der Waals surface area contributed by atoms with E-state index in [2.05, 4.69) is 6.92 Å². The number of benzene rings is 2. The molecule has 0 spiro atoms. The molecule has 0 atom stereocenters. The van der Waals surface area contributed by atoms with Crippen molar-refractivity contribution in [2.24, 2.45) is 0 Å². The van der Waals surface area contributed by atoms with Crippen LogP contribution in [0.4, 0.5) is 0 Å². The van der Waals surface area contributed by atoms with Gasteiger partial charge in [0.15, 0.2) is 11.5 Å². The number of carbonyl (C=O) groups is 1. The molecule has 7 nitrogen and oxygen atoms in total. The Morgan fingerprint density at radius 3 is 1.70 bits per heavy atom. The predicted molar refractivity (Wildman–Crippen MR) is 128 cm³/mol. The van der Waals surface area contributed by atoms with Gasteiger partial charge in [-0.3, -0.25) is 0 Å². The van der Waals surface area contributed by atoms with Crippen LogP contribution in [0.5, 0.6) is 28.7 Å². The lowest BCUT2D eigenvalue weighted by atomic mass is 9.98. The summed E-state index contributed by atoms with van der Waals surface area (Å²) in [6.45, 7) is 3.78. The molecule has 2 aromatic carbocycles. The fraction of sp³-hybridized carbons (Fsp3) is 0.500. The van der Waals surface area contributed by atoms with E-state index in [1.54, 1.807) is 6.92 Å². The number of aromatic hydroxyl groups is 5. The highest BCUT2D eigenvalue weighted by Gasteiger charge is 2.16. The number of unbranched alkanes of at least 4 members (excludes halogenated alkanes) is 9. The van der Waals surface area contributed by atoms with Gasteiger partial charge >= 0.3 is 5.97 Å². The summed E-state index contributed by atoms with van der Waals surface area (Å²) in [5, 5.41) is 55.3. The van der Waals surface area contributed by atoms with Crippen LogP contribution in [0.15, 0.2) is 24.3 Å². The van der Waals surface area contributed by atoms with E-state index < -0.39 is 5.97 Å². The molecule has 0 aliphatic heterocycles. The minimum atomic E-state index is -1.07. The molecular weight excluding hydrogens is 424 g/mol. The highest BCUT2D eigenvalue weighted by atomic mass is 16.4. The van der Waals surface area contributed by atoms with Crippen LogP contribution in [0.3, 0.4) is 0 Å². The first kappa shape index (κ1) is 27.9. The molecule has 0 saturated carbocycles. The Morgan fingerprint density at radius 2 is 1.21 bits per heavy atom. The maximum atomic E-state index is 11.2. The van der Waals surface area contributed by atoms with Gasteiger partial charge in [-0.25, -0.2) is 4.79 Å². The summed E-state index contributed by atoms with van der Waals surface area (Å²) in [5.74, 6) is -1.95. The lowest BCUT2D eigenvalue weighted by Gasteiger charge is -2.10. The number of aromatic carboxylic acids is 1. The van der Waals surface area contributed by atoms with Gasteiger partial charge in [-0.05, 0) is 31.9 Å². The number of rotatable bonds is 12. The average molecular weight is 463 g/mol. The summed E-state index contributed by atoms with van der Waals surface area (Å²) in [7, 11) is 0. The van der Waals surface area contributed by atoms with Crippen LogP contribution in [-0.4, -0.2) is 36.6 Å². The summed E-state index contributed by atoms with van der Waals surface area (Å²) in [6.07, 6.45) is 12.5. The molecule has 6 N–H and O–H groups in total. The number of hydrogen-bond donors (Lipinski definition) is 6. The first-order valence-corrected chi connectivity index (χ1v) is 11.7. The van der Waals surface area contributed by atoms with Crippen molar-refractivity contribution in [1.82, 2.24) is 0 Å². The molecule has 0 aliphatic carbocycles. The van der Waals surface area contributed by atoms with Gasteiger partial charge in [-0.2, -0.15) is 0 Å². The first-order valence-electron chi connectivity index (χ1n) is 11.7. The molecule has 0 aromatic heterocycles. The summed E-state index contributed by atoms with van der Waals surface area (Å²) in [5.41, 5.74) is 0.797. The number of phenols is 5. The van der Waals surface area contributed by atoms with Gasteiger partial charge in [0.2, 0.25) is 0 Å². The topological polar surface area (TPSA) is 138 Å². The van der Waals surface area contributed by atoms with Crippen molar-refractivity contribution < 1.29 is 35.4 Å². The molecule has 0 unspecified atom stereocenters. The Balaban J connectivity index is 0.000000451. The van der Waals surface area contributed by atoms with Crippen LogP contribution in [0, 0.1) is 6.92 Å². The van der Waals surface area contributed by atoms with Crippen LogP contribution in [0.25, 0.3) is 0 Å². The molecule has 0 bridgehead atoms. The Morgan fingerprint density at radius 1 is 0.727 bits per heavy atom. The van der Waals surface area contributed by atoms with E-state index in [1.165, 1.54) is 69.2 Å². The highest BCUT2D eigenvalue weighted by molar-refractivity contribution is 5.90. The van der Waals surface area contributed by atoms with Crippen molar-refractivity contribution in [2.45, 2.75) is 84.5 Å². The third kappa shape index (κ3) is 9.93. The van der Waals surface area contributed by atoms with Gasteiger partial charge in [0.1, 0.15) is 17.2 Å². The first-order chi connectivity index (χ1) is 15.7. The van der Waals surface area contributed by atoms with Crippen molar-refractivity contribution in [3.8, 4) is 28.7 Å². The van der Waals surface area contributed by atoms with Crippen molar-refractivity contribution in [1.29, 1.82) is 0 Å². The monoisotopic (exact) mass is 462 g/mol. The average Bonchev–Trinajstić information content (AvgIpc) is 2.76. The molecule has 0 saturated heterocycles. The Labute approximate surface area is 196 Å². The van der Waals surface area contributed by atoms with Gasteiger partial charge in [0.05, 0.1) is 5.56 Å². The second-order valence-corrected chi connectivity index (χ2v) is 8.31. The van der Waals surface area contributed by atoms with E-state index in [1.807, 2.05) is 0 Å². The van der Waals surface area contributed by atoms with E-state index >= 15 is 0 Å². The molecule has 2 aromatic rings. The van der Waals surface area contributed by atoms with E-state index in [9.17, 15) is 15.0 Å². The SMILES string of the molecule is CCCCCCCCCCCCc1c(C(=O)O)ccc(O)c1O.Cc1c(O)cc(O)cc1O. The Hall–Kier alpha value is -3.09. The molecule has 2 rings (SSSR count). The normalized spacial score (nSPS) is 10.5. The number of carboxylic acid groups (broad SMARTS) is 1. The van der Waals surface area contributed by atoms with Crippen LogP contribution in [0.1, 0.15) is 92.6 Å². The summed E-state index contributed by atoms with van der Waals surface area (Å²) < 4.78 is 0. The van der Waals surface area contributed by atoms with Crippen LogP contribution in [0.2, 0.25) is 0 Å². The third-order valence-corrected chi connectivity index (χ3v) is 5.61. The lowest BCUT2D eigenvalue weighted by Crippen LogP contribution is -2.03. The van der Waals surface area contributed by atoms with Crippen molar-refractivity contribution in [2.75, 3.05) is 0 Å². The maximum absolute atomic E-state index is 11.2. The Kier molecular flexibility index (Phi) is 12.6. The minimum absolute atomic E-state index is 0.0798. The van der Waals surface area contributed by atoms with Gasteiger partial charge in [-0.15, -0.1) is 0 Å². The Bertz CT molecular complexity index is 854. The zero-order chi connectivity index (χ0) is 24.8. The lowest BCUT2D eigenvalue weighted by molar-refractivity contribution is 0.0695. The molecule has 7 heteroatoms. The maximum Gasteiger partial charge on any atom is 0.336 e. The van der Waals surface area contributed by atoms with Gasteiger partial charge in [0.25, 0.3) is 0 Å². The molecule has 0 amide bonds. The largest absolute Gasteiger partial charge is 0.508 e. The number of phenolic OH excluding ortho intramolecular Hbond substituents is 5. The second kappa shape index (κ2) is 14.9. The van der Waals surface area contributed by atoms with E-state index in [0.29, 0.717) is 17.5 Å². The number of carboxylic acids is 1. The van der Waals surface area contributed by atoms with Crippen LogP contribution in [-0.2, 0) is 6.42 Å². The zero-order valence-corrected chi connectivity index (χ0v) is 19.7. The standard InChI is InChI=1S/C19H30O4.C7H8O3/c1-2-3-4-5-6-7-8-9-10-11-12-15-16(19(22)23)13-14-17(20)18(15)21;1-4-6(9)2-5(8)3-7(4)10/h13-14,20-21H,2-12H2,1H3,(H,22,23);2-3,8-10H,1H3. The highest BCUT2D eigenvalue weighted by Crippen LogP contribution is 2.33. The van der Waals surface area contributed by atoms with Gasteiger partial charge in [-0.1, -0.05) is 64.7 Å². The molecule has 33 heavy (non-hydrogen) atoms. The third-order valence-electron chi connectivity index (χ3n) is 5.61. The summed E-state index contributed by atoms with van der Waals surface area (Å²) >= 11 is 0. The van der Waals surface area contributed by atoms with E-state index in [0.717, 1.165) is 19.3 Å². The van der Waals surface area contributed by atoms with Crippen LogP contribution >= 0.6 is 0 Å². The fourth-order valence-corrected chi connectivity index (χ4v) is 3.54. The molecule has 0 fully saturated rings. The smallest absolute Gasteiger partial charge is 0.336 e. The molecule has 184 valence electrons. The molecular formula is C26H38O7. The van der Waals surface area contributed by atoms with E-state index in [4.69, 9.17) is 20.4 Å². The quantitative estimate of drug-likeness (QED) is 0.159. The number of hydrogen-bond acceptors (Lipinski definition) is 6. The van der Waals surface area contributed by atoms with Crippen molar-refractivity contribution in [3.63, 3.8) is 0 Å². The minimum Gasteiger partial charge on any atom is -0.508 e. The molecule has 0 heterocycles. The summed E-state index contributed by atoms with van der Waals surface area (Å²) in [4.78, 5) is 11.2. The zero-order valence-electron chi connectivity index (χ0n) is 19.7. The predicted octanol–water partition coefficient (Wildman–Crippen LogP) is 6.37. The summed E-state index contributed by atoms with van der Waals surface area (Å²) in [6, 6.07) is 4.92. The fourth-order valence-electron chi connectivity index (χ4n) is 3.54. The van der Waals surface area contributed by atoms with Crippen molar-refractivity contribution >= 4 is 5.97 Å². The molecule has 0 radical (unpaired) electrons. The van der Waals surface area contributed by atoms with Crippen LogP contribution < -0.4 is 0 Å². The second-order valence-electron chi connectivity index (χ2n) is 8.31. The van der Waals surface area contributed by atoms with E-state index in [-0.39, 0.29) is 34.3 Å². The van der Waals surface area contributed by atoms with Gasteiger partial charge in [0, 0.05) is 23.3 Å². The van der Waals surface area contributed by atoms with Gasteiger partial charge < -0.3 is 30.6 Å².